The third-order valence-electron chi connectivity index (χ3n) is 4.86. The maximum atomic E-state index is 12.5. The fourth-order valence-electron chi connectivity index (χ4n) is 3.39. The highest BCUT2D eigenvalue weighted by molar-refractivity contribution is 7.08. The van der Waals surface area contributed by atoms with E-state index >= 15 is 0 Å². The molecule has 0 bridgehead atoms. The Labute approximate surface area is 131 Å². The van der Waals surface area contributed by atoms with Crippen LogP contribution in [0.5, 0.6) is 0 Å². The number of carbonyl (C=O) groups is 1. The van der Waals surface area contributed by atoms with Crippen LogP contribution in [0, 0.1) is 12.3 Å². The van der Waals surface area contributed by atoms with Crippen molar-refractivity contribution in [2.24, 2.45) is 5.41 Å². The summed E-state index contributed by atoms with van der Waals surface area (Å²) >= 11 is 1.62. The molecule has 0 saturated carbocycles. The lowest BCUT2D eigenvalue weighted by Crippen LogP contribution is -2.47. The van der Waals surface area contributed by atoms with Crippen LogP contribution in [0.4, 0.5) is 0 Å². The Morgan fingerprint density at radius 2 is 1.85 bits per heavy atom. The van der Waals surface area contributed by atoms with Crippen molar-refractivity contribution in [2.75, 3.05) is 26.2 Å². The van der Waals surface area contributed by atoms with Gasteiger partial charge in [-0.15, -0.1) is 12.4 Å². The van der Waals surface area contributed by atoms with Gasteiger partial charge in [-0.05, 0) is 62.1 Å². The predicted octanol–water partition coefficient (Wildman–Crippen LogP) is 3.08. The fraction of sp³-hybridized carbons (Fsp3) is 0.667. The van der Waals surface area contributed by atoms with Crippen LogP contribution in [-0.4, -0.2) is 37.0 Å². The van der Waals surface area contributed by atoms with Crippen molar-refractivity contribution >= 4 is 29.7 Å². The molecule has 0 radical (unpaired) electrons. The fourth-order valence-corrected chi connectivity index (χ4v) is 4.21. The Morgan fingerprint density at radius 3 is 2.40 bits per heavy atom. The van der Waals surface area contributed by atoms with E-state index in [1.54, 1.807) is 11.3 Å². The van der Waals surface area contributed by atoms with E-state index in [0.717, 1.165) is 37.3 Å². The van der Waals surface area contributed by atoms with Crippen LogP contribution < -0.4 is 5.32 Å². The van der Waals surface area contributed by atoms with Gasteiger partial charge in [0, 0.05) is 18.5 Å². The molecule has 1 aromatic rings. The number of rotatable bonds is 1. The van der Waals surface area contributed by atoms with Crippen LogP contribution in [0.2, 0.25) is 0 Å². The van der Waals surface area contributed by atoms with Crippen LogP contribution >= 0.6 is 23.7 Å². The molecule has 5 heteroatoms. The largest absolute Gasteiger partial charge is 0.339 e. The van der Waals surface area contributed by atoms with E-state index in [1.807, 2.05) is 12.3 Å². The Morgan fingerprint density at radius 1 is 1.20 bits per heavy atom. The zero-order valence-corrected chi connectivity index (χ0v) is 13.6. The molecular weight excluding hydrogens is 292 g/mol. The van der Waals surface area contributed by atoms with Crippen molar-refractivity contribution in [3.05, 3.63) is 21.9 Å². The summed E-state index contributed by atoms with van der Waals surface area (Å²) in [4.78, 5) is 14.5. The van der Waals surface area contributed by atoms with Gasteiger partial charge in [0.25, 0.3) is 5.91 Å². The molecule has 112 valence electrons. The molecule has 0 atom stereocenters. The van der Waals surface area contributed by atoms with Crippen LogP contribution in [0.3, 0.4) is 0 Å². The molecule has 2 aliphatic rings. The summed E-state index contributed by atoms with van der Waals surface area (Å²) in [7, 11) is 0. The maximum Gasteiger partial charge on any atom is 0.254 e. The van der Waals surface area contributed by atoms with Crippen molar-refractivity contribution in [1.29, 1.82) is 0 Å². The second kappa shape index (κ2) is 6.46. The highest BCUT2D eigenvalue weighted by atomic mass is 35.5. The molecule has 1 N–H and O–H groups in total. The normalized spacial score (nSPS) is 21.6. The van der Waals surface area contributed by atoms with E-state index in [9.17, 15) is 4.79 Å². The quantitative estimate of drug-likeness (QED) is 0.864. The average molecular weight is 315 g/mol. The van der Waals surface area contributed by atoms with Crippen LogP contribution in [-0.2, 0) is 0 Å². The first-order valence-electron chi connectivity index (χ1n) is 7.23. The molecule has 1 amide bonds. The standard InChI is InChI=1S/C15H22N2OS.ClH/c1-12-10-19-11-13(12)14(18)17-8-4-15(5-9-17)2-6-16-7-3-15;/h10-11,16H,2-9H2,1H3;1H. The third-order valence-corrected chi connectivity index (χ3v) is 5.72. The minimum absolute atomic E-state index is 0. The first kappa shape index (κ1) is 15.8. The second-order valence-corrected chi connectivity index (χ2v) is 6.75. The first-order valence-corrected chi connectivity index (χ1v) is 8.17. The summed E-state index contributed by atoms with van der Waals surface area (Å²) in [5, 5.41) is 7.49. The van der Waals surface area contributed by atoms with E-state index < -0.39 is 0 Å². The van der Waals surface area contributed by atoms with E-state index in [1.165, 1.54) is 25.7 Å². The summed E-state index contributed by atoms with van der Waals surface area (Å²) in [6.07, 6.45) is 4.94. The number of likely N-dealkylation sites (tertiary alicyclic amines) is 1. The van der Waals surface area contributed by atoms with Gasteiger partial charge in [0.1, 0.15) is 0 Å². The highest BCUT2D eigenvalue weighted by Gasteiger charge is 2.36. The third kappa shape index (κ3) is 3.02. The van der Waals surface area contributed by atoms with Crippen LogP contribution in [0.1, 0.15) is 41.6 Å². The number of hydrogen-bond acceptors (Lipinski definition) is 3. The van der Waals surface area contributed by atoms with Gasteiger partial charge < -0.3 is 10.2 Å². The average Bonchev–Trinajstić information content (AvgIpc) is 2.86. The summed E-state index contributed by atoms with van der Waals surface area (Å²) < 4.78 is 0. The Kier molecular flexibility index (Phi) is 5.10. The summed E-state index contributed by atoms with van der Waals surface area (Å²) in [5.41, 5.74) is 2.55. The number of nitrogens with one attached hydrogen (secondary N) is 1. The maximum absolute atomic E-state index is 12.5. The smallest absolute Gasteiger partial charge is 0.254 e. The number of thiophene rings is 1. The number of halogens is 1. The number of aryl methyl sites for hydroxylation is 1. The molecule has 1 spiro atoms. The zero-order valence-electron chi connectivity index (χ0n) is 12.0. The van der Waals surface area contributed by atoms with Gasteiger partial charge in [-0.1, -0.05) is 0 Å². The monoisotopic (exact) mass is 314 g/mol. The van der Waals surface area contributed by atoms with E-state index in [4.69, 9.17) is 0 Å². The van der Waals surface area contributed by atoms with Crippen molar-refractivity contribution < 1.29 is 4.79 Å². The van der Waals surface area contributed by atoms with Gasteiger partial charge in [0.15, 0.2) is 0 Å². The number of carbonyl (C=O) groups excluding carboxylic acids is 1. The van der Waals surface area contributed by atoms with Gasteiger partial charge >= 0.3 is 0 Å². The van der Waals surface area contributed by atoms with Crippen LogP contribution in [0.15, 0.2) is 10.8 Å². The molecule has 2 aliphatic heterocycles. The first-order chi connectivity index (χ1) is 9.20. The molecule has 1 aromatic heterocycles. The molecule has 2 saturated heterocycles. The van der Waals surface area contributed by atoms with Crippen molar-refractivity contribution in [3.63, 3.8) is 0 Å². The van der Waals surface area contributed by atoms with Gasteiger partial charge in [-0.2, -0.15) is 11.3 Å². The minimum Gasteiger partial charge on any atom is -0.339 e. The lowest BCUT2D eigenvalue weighted by Gasteiger charge is -2.44. The van der Waals surface area contributed by atoms with E-state index in [0.29, 0.717) is 5.41 Å². The number of piperidine rings is 2. The van der Waals surface area contributed by atoms with E-state index in [2.05, 4.69) is 15.6 Å². The molecular formula is C15H23ClN2OS. The Bertz CT molecular complexity index is 458. The van der Waals surface area contributed by atoms with Gasteiger partial charge in [0.05, 0.1) is 5.56 Å². The van der Waals surface area contributed by atoms with Crippen molar-refractivity contribution in [3.8, 4) is 0 Å². The zero-order chi connectivity index (χ0) is 13.3. The topological polar surface area (TPSA) is 32.3 Å². The number of hydrogen-bond donors (Lipinski definition) is 1. The number of amides is 1. The van der Waals surface area contributed by atoms with E-state index in [-0.39, 0.29) is 18.3 Å². The molecule has 3 heterocycles. The second-order valence-electron chi connectivity index (χ2n) is 6.01. The van der Waals surface area contributed by atoms with Crippen LogP contribution in [0.25, 0.3) is 0 Å². The van der Waals surface area contributed by atoms with Gasteiger partial charge in [-0.25, -0.2) is 0 Å². The molecule has 0 aliphatic carbocycles. The SMILES string of the molecule is Cc1cscc1C(=O)N1CCC2(CCNCC2)CC1.Cl. The summed E-state index contributed by atoms with van der Waals surface area (Å²) in [6.45, 7) is 6.21. The predicted molar refractivity (Wildman–Crippen MR) is 86.0 cm³/mol. The van der Waals surface area contributed by atoms with Crippen molar-refractivity contribution in [2.45, 2.75) is 32.6 Å². The summed E-state index contributed by atoms with van der Waals surface area (Å²) in [5.74, 6) is 0.238. The highest BCUT2D eigenvalue weighted by Crippen LogP contribution is 2.39. The molecule has 2 fully saturated rings. The molecule has 0 unspecified atom stereocenters. The molecule has 0 aromatic carbocycles. The van der Waals surface area contributed by atoms with Crippen molar-refractivity contribution in [1.82, 2.24) is 10.2 Å². The molecule has 3 nitrogen and oxygen atoms in total. The number of nitrogens with zero attached hydrogens (tertiary/aromatic N) is 1. The molecule has 20 heavy (non-hydrogen) atoms. The lowest BCUT2D eigenvalue weighted by atomic mass is 9.71. The van der Waals surface area contributed by atoms with Gasteiger partial charge in [0.2, 0.25) is 0 Å². The Hall–Kier alpha value is -0.580. The molecule has 3 rings (SSSR count). The Balaban J connectivity index is 0.00000147. The lowest BCUT2D eigenvalue weighted by molar-refractivity contribution is 0.0495. The minimum atomic E-state index is 0. The summed E-state index contributed by atoms with van der Waals surface area (Å²) in [6, 6.07) is 0. The van der Waals surface area contributed by atoms with Gasteiger partial charge in [-0.3, -0.25) is 4.79 Å².